The first-order chi connectivity index (χ1) is 11.7. The van der Waals surface area contributed by atoms with Gasteiger partial charge < -0.3 is 10.6 Å². The van der Waals surface area contributed by atoms with Gasteiger partial charge in [-0.3, -0.25) is 0 Å². The van der Waals surface area contributed by atoms with Gasteiger partial charge in [-0.2, -0.15) is 10.1 Å². The van der Waals surface area contributed by atoms with E-state index in [1.54, 1.807) is 0 Å². The van der Waals surface area contributed by atoms with Crippen LogP contribution in [-0.4, -0.2) is 15.2 Å². The standard InChI is InChI=1S/C17H15F2N5/c1-2-11-6-3-4-9-14(11)21-17-23-15(10-20-24-17)22-16-12(18)7-5-8-13(16)19/h3-10H,2H2,1H3,(H2,21,22,23,24). The molecule has 0 atom stereocenters. The number of anilines is 4. The van der Waals surface area contributed by atoms with E-state index in [0.717, 1.165) is 29.8 Å². The molecule has 0 bridgehead atoms. The van der Waals surface area contributed by atoms with Gasteiger partial charge in [-0.1, -0.05) is 31.2 Å². The first-order valence-corrected chi connectivity index (χ1v) is 7.43. The van der Waals surface area contributed by atoms with Gasteiger partial charge in [0, 0.05) is 5.69 Å². The Morgan fingerprint density at radius 3 is 2.46 bits per heavy atom. The molecule has 122 valence electrons. The van der Waals surface area contributed by atoms with Crippen molar-refractivity contribution in [3.8, 4) is 0 Å². The van der Waals surface area contributed by atoms with Crippen LogP contribution in [0.1, 0.15) is 12.5 Å². The smallest absolute Gasteiger partial charge is 0.249 e. The number of aromatic nitrogens is 3. The molecule has 7 heteroatoms. The molecule has 0 aliphatic heterocycles. The normalized spacial score (nSPS) is 10.5. The minimum atomic E-state index is -0.709. The third-order valence-corrected chi connectivity index (χ3v) is 3.42. The minimum absolute atomic E-state index is 0.186. The maximum absolute atomic E-state index is 13.7. The number of hydrogen-bond acceptors (Lipinski definition) is 5. The third kappa shape index (κ3) is 3.45. The van der Waals surface area contributed by atoms with E-state index in [-0.39, 0.29) is 17.5 Å². The Labute approximate surface area is 137 Å². The van der Waals surface area contributed by atoms with Gasteiger partial charge in [0.25, 0.3) is 0 Å². The predicted octanol–water partition coefficient (Wildman–Crippen LogP) is 4.20. The molecular formula is C17H15F2N5. The van der Waals surface area contributed by atoms with Crippen LogP contribution in [0, 0.1) is 11.6 Å². The molecule has 1 heterocycles. The van der Waals surface area contributed by atoms with Crippen molar-refractivity contribution in [2.24, 2.45) is 0 Å². The van der Waals surface area contributed by atoms with Gasteiger partial charge in [0.2, 0.25) is 5.95 Å². The van der Waals surface area contributed by atoms with Crippen molar-refractivity contribution in [2.45, 2.75) is 13.3 Å². The number of benzene rings is 2. The summed E-state index contributed by atoms with van der Waals surface area (Å²) in [6.45, 7) is 2.04. The van der Waals surface area contributed by atoms with Crippen LogP contribution in [0.2, 0.25) is 0 Å². The number of aryl methyl sites for hydroxylation is 1. The summed E-state index contributed by atoms with van der Waals surface area (Å²) < 4.78 is 27.4. The highest BCUT2D eigenvalue weighted by Crippen LogP contribution is 2.23. The quantitative estimate of drug-likeness (QED) is 0.735. The van der Waals surface area contributed by atoms with Crippen molar-refractivity contribution < 1.29 is 8.78 Å². The van der Waals surface area contributed by atoms with Gasteiger partial charge in [0.05, 0.1) is 6.20 Å². The molecule has 1 aromatic heterocycles. The molecule has 0 radical (unpaired) electrons. The maximum atomic E-state index is 13.7. The molecule has 0 saturated carbocycles. The summed E-state index contributed by atoms with van der Waals surface area (Å²) in [5.41, 5.74) is 1.67. The van der Waals surface area contributed by atoms with Gasteiger partial charge in [-0.25, -0.2) is 8.78 Å². The molecule has 0 amide bonds. The second kappa shape index (κ2) is 6.99. The van der Waals surface area contributed by atoms with Gasteiger partial charge in [0.15, 0.2) is 5.82 Å². The Morgan fingerprint density at radius 1 is 0.958 bits per heavy atom. The number of nitrogens with one attached hydrogen (secondary N) is 2. The SMILES string of the molecule is CCc1ccccc1Nc1nncc(Nc2c(F)cccc2F)n1. The van der Waals surface area contributed by atoms with E-state index in [1.807, 2.05) is 31.2 Å². The van der Waals surface area contributed by atoms with Crippen LogP contribution in [0.25, 0.3) is 0 Å². The van der Waals surface area contributed by atoms with Crippen molar-refractivity contribution >= 4 is 23.1 Å². The number of nitrogens with zero attached hydrogens (tertiary/aromatic N) is 3. The van der Waals surface area contributed by atoms with E-state index in [4.69, 9.17) is 0 Å². The van der Waals surface area contributed by atoms with Crippen molar-refractivity contribution in [3.63, 3.8) is 0 Å². The number of rotatable bonds is 5. The molecular weight excluding hydrogens is 312 g/mol. The van der Waals surface area contributed by atoms with Crippen LogP contribution in [0.15, 0.2) is 48.7 Å². The van der Waals surface area contributed by atoms with Crippen LogP contribution in [0.5, 0.6) is 0 Å². The van der Waals surface area contributed by atoms with E-state index in [0.29, 0.717) is 0 Å². The van der Waals surface area contributed by atoms with Crippen LogP contribution in [-0.2, 0) is 6.42 Å². The fourth-order valence-corrected chi connectivity index (χ4v) is 2.23. The molecule has 0 saturated heterocycles. The first kappa shape index (κ1) is 15.8. The lowest BCUT2D eigenvalue weighted by Crippen LogP contribution is -2.05. The highest BCUT2D eigenvalue weighted by Gasteiger charge is 2.10. The lowest BCUT2D eigenvalue weighted by molar-refractivity contribution is 0.590. The van der Waals surface area contributed by atoms with E-state index in [9.17, 15) is 8.78 Å². The zero-order chi connectivity index (χ0) is 16.9. The van der Waals surface area contributed by atoms with Crippen LogP contribution in [0.4, 0.5) is 31.9 Å². The second-order valence-corrected chi connectivity index (χ2v) is 5.02. The Morgan fingerprint density at radius 2 is 1.71 bits per heavy atom. The lowest BCUT2D eigenvalue weighted by atomic mass is 10.1. The Bertz CT molecular complexity index is 834. The number of halogens is 2. The summed E-state index contributed by atoms with van der Waals surface area (Å²) in [6, 6.07) is 11.4. The maximum Gasteiger partial charge on any atom is 0.249 e. The van der Waals surface area contributed by atoms with Gasteiger partial charge in [-0.05, 0) is 30.2 Å². The largest absolute Gasteiger partial charge is 0.334 e. The average Bonchev–Trinajstić information content (AvgIpc) is 2.59. The van der Waals surface area contributed by atoms with Crippen LogP contribution >= 0.6 is 0 Å². The fourth-order valence-electron chi connectivity index (χ4n) is 2.23. The highest BCUT2D eigenvalue weighted by molar-refractivity contribution is 5.61. The summed E-state index contributed by atoms with van der Waals surface area (Å²) in [5.74, 6) is -0.998. The molecule has 2 N–H and O–H groups in total. The molecule has 2 aromatic carbocycles. The summed E-state index contributed by atoms with van der Waals surface area (Å²) in [7, 11) is 0. The van der Waals surface area contributed by atoms with E-state index in [1.165, 1.54) is 12.3 Å². The molecule has 3 rings (SSSR count). The molecule has 0 aliphatic rings. The Kier molecular flexibility index (Phi) is 4.60. The molecule has 24 heavy (non-hydrogen) atoms. The first-order valence-electron chi connectivity index (χ1n) is 7.43. The molecule has 0 aliphatic carbocycles. The zero-order valence-corrected chi connectivity index (χ0v) is 12.9. The third-order valence-electron chi connectivity index (χ3n) is 3.42. The molecule has 0 spiro atoms. The molecule has 5 nitrogen and oxygen atoms in total. The number of hydrogen-bond donors (Lipinski definition) is 2. The highest BCUT2D eigenvalue weighted by atomic mass is 19.1. The molecule has 3 aromatic rings. The lowest BCUT2D eigenvalue weighted by Gasteiger charge is -2.11. The zero-order valence-electron chi connectivity index (χ0n) is 12.9. The van der Waals surface area contributed by atoms with Crippen molar-refractivity contribution in [3.05, 3.63) is 65.9 Å². The number of para-hydroxylation sites is 2. The van der Waals surface area contributed by atoms with E-state index < -0.39 is 11.6 Å². The summed E-state index contributed by atoms with van der Waals surface area (Å²) in [5, 5.41) is 13.4. The summed E-state index contributed by atoms with van der Waals surface area (Å²) in [6.07, 6.45) is 2.14. The van der Waals surface area contributed by atoms with Gasteiger partial charge in [0.1, 0.15) is 17.3 Å². The second-order valence-electron chi connectivity index (χ2n) is 5.02. The Balaban J connectivity index is 1.84. The van der Waals surface area contributed by atoms with E-state index in [2.05, 4.69) is 25.8 Å². The Hall–Kier alpha value is -3.09. The summed E-state index contributed by atoms with van der Waals surface area (Å²) in [4.78, 5) is 4.19. The minimum Gasteiger partial charge on any atom is -0.334 e. The van der Waals surface area contributed by atoms with Crippen molar-refractivity contribution in [2.75, 3.05) is 10.6 Å². The monoisotopic (exact) mass is 327 g/mol. The van der Waals surface area contributed by atoms with Gasteiger partial charge in [-0.15, -0.1) is 5.10 Å². The van der Waals surface area contributed by atoms with Gasteiger partial charge >= 0.3 is 0 Å². The van der Waals surface area contributed by atoms with Crippen LogP contribution in [0.3, 0.4) is 0 Å². The fraction of sp³-hybridized carbons (Fsp3) is 0.118. The average molecular weight is 327 g/mol. The topological polar surface area (TPSA) is 62.7 Å². The molecule has 0 unspecified atom stereocenters. The molecule has 0 fully saturated rings. The van der Waals surface area contributed by atoms with Crippen molar-refractivity contribution in [1.29, 1.82) is 0 Å². The van der Waals surface area contributed by atoms with Crippen molar-refractivity contribution in [1.82, 2.24) is 15.2 Å². The predicted molar refractivity (Wildman–Crippen MR) is 88.6 cm³/mol. The van der Waals surface area contributed by atoms with E-state index >= 15 is 0 Å². The van der Waals surface area contributed by atoms with Crippen LogP contribution < -0.4 is 10.6 Å². The summed E-state index contributed by atoms with van der Waals surface area (Å²) >= 11 is 0.